The number of piperazine rings is 1. The number of hydrogen-bond acceptors (Lipinski definition) is 4. The van der Waals surface area contributed by atoms with E-state index in [0.29, 0.717) is 25.3 Å². The van der Waals surface area contributed by atoms with Crippen molar-refractivity contribution in [1.82, 2.24) is 24.8 Å². The molecular weight excluding hydrogens is 386 g/mol. The minimum Gasteiger partial charge on any atom is -0.334 e. The van der Waals surface area contributed by atoms with Crippen LogP contribution in [0.1, 0.15) is 27.7 Å². The Morgan fingerprint density at radius 3 is 2.61 bits per heavy atom. The Morgan fingerprint density at radius 2 is 1.74 bits per heavy atom. The third-order valence-electron chi connectivity index (χ3n) is 6.09. The van der Waals surface area contributed by atoms with Crippen LogP contribution in [0.5, 0.6) is 0 Å². The molecule has 31 heavy (non-hydrogen) atoms. The van der Waals surface area contributed by atoms with Gasteiger partial charge in [0, 0.05) is 19.6 Å². The highest BCUT2D eigenvalue weighted by atomic mass is 16.2. The quantitative estimate of drug-likeness (QED) is 0.515. The smallest absolute Gasteiger partial charge is 0.276 e. The summed E-state index contributed by atoms with van der Waals surface area (Å²) < 4.78 is 1.75. The molecule has 0 N–H and O–H groups in total. The van der Waals surface area contributed by atoms with Gasteiger partial charge >= 0.3 is 0 Å². The Labute approximate surface area is 181 Å². The molecule has 6 heteroatoms. The third-order valence-corrected chi connectivity index (χ3v) is 6.09. The monoisotopic (exact) mass is 411 g/mol. The molecule has 0 bridgehead atoms. The minimum atomic E-state index is -0.0572. The molecule has 3 aromatic carbocycles. The molecule has 1 fully saturated rings. The van der Waals surface area contributed by atoms with Gasteiger partial charge in [-0.05, 0) is 28.9 Å². The van der Waals surface area contributed by atoms with E-state index in [1.807, 2.05) is 35.2 Å². The molecule has 1 amide bonds. The van der Waals surface area contributed by atoms with E-state index in [-0.39, 0.29) is 11.9 Å². The summed E-state index contributed by atoms with van der Waals surface area (Å²) in [5, 5.41) is 10.8. The fraction of sp³-hybridized carbons (Fsp3) is 0.240. The van der Waals surface area contributed by atoms with Crippen LogP contribution < -0.4 is 0 Å². The van der Waals surface area contributed by atoms with E-state index in [9.17, 15) is 4.79 Å². The van der Waals surface area contributed by atoms with Gasteiger partial charge in [0.05, 0.1) is 18.8 Å². The molecule has 1 aliphatic rings. The van der Waals surface area contributed by atoms with Crippen molar-refractivity contribution in [3.05, 3.63) is 95.8 Å². The highest BCUT2D eigenvalue weighted by Crippen LogP contribution is 2.25. The van der Waals surface area contributed by atoms with Gasteiger partial charge in [-0.25, -0.2) is 4.68 Å². The second kappa shape index (κ2) is 8.32. The van der Waals surface area contributed by atoms with Crippen molar-refractivity contribution in [1.29, 1.82) is 0 Å². The van der Waals surface area contributed by atoms with Gasteiger partial charge in [-0.3, -0.25) is 9.69 Å². The minimum absolute atomic E-state index is 0.0572. The molecule has 0 unspecified atom stereocenters. The molecule has 6 nitrogen and oxygen atoms in total. The van der Waals surface area contributed by atoms with Crippen LogP contribution in [-0.2, 0) is 6.54 Å². The molecular formula is C25H25N5O. The molecule has 1 saturated heterocycles. The lowest BCUT2D eigenvalue weighted by atomic mass is 10.0. The summed E-state index contributed by atoms with van der Waals surface area (Å²) in [6, 6.07) is 25.1. The zero-order chi connectivity index (χ0) is 21.2. The summed E-state index contributed by atoms with van der Waals surface area (Å²) in [5.41, 5.74) is 2.78. The topological polar surface area (TPSA) is 54.3 Å². The van der Waals surface area contributed by atoms with E-state index in [2.05, 4.69) is 64.7 Å². The van der Waals surface area contributed by atoms with Crippen LogP contribution in [0.25, 0.3) is 10.8 Å². The molecule has 0 radical (unpaired) electrons. The van der Waals surface area contributed by atoms with Crippen LogP contribution >= 0.6 is 0 Å². The molecule has 4 aromatic rings. The SMILES string of the molecule is CN1CCN(C(=O)c2cn(Cc3cccc4ccccc34)nn2)C[C@H]1c1ccccc1. The van der Waals surface area contributed by atoms with Crippen molar-refractivity contribution in [3.63, 3.8) is 0 Å². The number of hydrogen-bond donors (Lipinski definition) is 0. The van der Waals surface area contributed by atoms with Crippen LogP contribution in [0.3, 0.4) is 0 Å². The lowest BCUT2D eigenvalue weighted by Crippen LogP contribution is -2.49. The normalized spacial score (nSPS) is 17.2. The number of nitrogens with zero attached hydrogens (tertiary/aromatic N) is 5. The third kappa shape index (κ3) is 3.94. The number of rotatable bonds is 4. The van der Waals surface area contributed by atoms with Gasteiger partial charge in [0.2, 0.25) is 0 Å². The Balaban J connectivity index is 1.33. The first kappa shape index (κ1) is 19.5. The molecule has 0 saturated carbocycles. The first-order valence-corrected chi connectivity index (χ1v) is 10.6. The highest BCUT2D eigenvalue weighted by molar-refractivity contribution is 5.92. The van der Waals surface area contributed by atoms with Crippen molar-refractivity contribution in [2.75, 3.05) is 26.7 Å². The second-order valence-electron chi connectivity index (χ2n) is 8.10. The molecule has 0 spiro atoms. The summed E-state index contributed by atoms with van der Waals surface area (Å²) in [6.45, 7) is 2.75. The number of aromatic nitrogens is 3. The van der Waals surface area contributed by atoms with E-state index < -0.39 is 0 Å². The number of likely N-dealkylation sites (N-methyl/N-ethyl adjacent to an activating group) is 1. The number of fused-ring (bicyclic) bond motifs is 1. The maximum absolute atomic E-state index is 13.2. The Kier molecular flexibility index (Phi) is 5.22. The van der Waals surface area contributed by atoms with Crippen LogP contribution in [-0.4, -0.2) is 57.4 Å². The van der Waals surface area contributed by atoms with E-state index in [1.165, 1.54) is 16.3 Å². The second-order valence-corrected chi connectivity index (χ2v) is 8.10. The summed E-state index contributed by atoms with van der Waals surface area (Å²) >= 11 is 0. The first-order valence-electron chi connectivity index (χ1n) is 10.6. The van der Waals surface area contributed by atoms with E-state index >= 15 is 0 Å². The van der Waals surface area contributed by atoms with Gasteiger partial charge in [-0.15, -0.1) is 5.10 Å². The Morgan fingerprint density at radius 1 is 0.968 bits per heavy atom. The number of carbonyl (C=O) groups excluding carboxylic acids is 1. The van der Waals surface area contributed by atoms with Gasteiger partial charge in [-0.2, -0.15) is 0 Å². The van der Waals surface area contributed by atoms with Crippen molar-refractivity contribution in [2.45, 2.75) is 12.6 Å². The number of benzene rings is 3. The summed E-state index contributed by atoms with van der Waals surface area (Å²) in [7, 11) is 2.11. The van der Waals surface area contributed by atoms with Gasteiger partial charge in [-0.1, -0.05) is 78.0 Å². The van der Waals surface area contributed by atoms with Crippen LogP contribution in [0.15, 0.2) is 79.0 Å². The van der Waals surface area contributed by atoms with Crippen molar-refractivity contribution >= 4 is 16.7 Å². The number of carbonyl (C=O) groups is 1. The molecule has 156 valence electrons. The first-order chi connectivity index (χ1) is 15.2. The van der Waals surface area contributed by atoms with Crippen molar-refractivity contribution in [3.8, 4) is 0 Å². The molecule has 1 aliphatic heterocycles. The van der Waals surface area contributed by atoms with Crippen LogP contribution in [0.4, 0.5) is 0 Å². The largest absolute Gasteiger partial charge is 0.334 e. The van der Waals surface area contributed by atoms with Crippen molar-refractivity contribution in [2.24, 2.45) is 0 Å². The molecule has 5 rings (SSSR count). The molecule has 1 atom stereocenters. The predicted octanol–water partition coefficient (Wildman–Crippen LogP) is 3.61. The fourth-order valence-corrected chi connectivity index (χ4v) is 4.33. The van der Waals surface area contributed by atoms with E-state index in [0.717, 1.165) is 12.1 Å². The number of amides is 1. The maximum atomic E-state index is 13.2. The maximum Gasteiger partial charge on any atom is 0.276 e. The summed E-state index contributed by atoms with van der Waals surface area (Å²) in [4.78, 5) is 17.3. The molecule has 1 aromatic heterocycles. The Hall–Kier alpha value is -3.51. The van der Waals surface area contributed by atoms with E-state index in [1.54, 1.807) is 10.9 Å². The van der Waals surface area contributed by atoms with Crippen LogP contribution in [0.2, 0.25) is 0 Å². The average Bonchev–Trinajstić information content (AvgIpc) is 3.28. The fourth-order valence-electron chi connectivity index (χ4n) is 4.33. The van der Waals surface area contributed by atoms with Gasteiger partial charge < -0.3 is 4.90 Å². The molecule has 0 aliphatic carbocycles. The van der Waals surface area contributed by atoms with Crippen molar-refractivity contribution < 1.29 is 4.79 Å². The van der Waals surface area contributed by atoms with E-state index in [4.69, 9.17) is 0 Å². The van der Waals surface area contributed by atoms with Gasteiger partial charge in [0.1, 0.15) is 0 Å². The van der Waals surface area contributed by atoms with Gasteiger partial charge in [0.25, 0.3) is 5.91 Å². The average molecular weight is 412 g/mol. The zero-order valence-corrected chi connectivity index (χ0v) is 17.6. The lowest BCUT2D eigenvalue weighted by molar-refractivity contribution is 0.0540. The lowest BCUT2D eigenvalue weighted by Gasteiger charge is -2.39. The molecule has 2 heterocycles. The summed E-state index contributed by atoms with van der Waals surface area (Å²) in [5.74, 6) is -0.0572. The standard InChI is InChI=1S/C25H25N5O/c1-28-14-15-29(18-24(28)20-9-3-2-4-10-20)25(31)23-17-30(27-26-23)16-21-12-7-11-19-8-5-6-13-22(19)21/h2-13,17,24H,14-16,18H2,1H3/t24-/m0/s1. The predicted molar refractivity (Wildman–Crippen MR) is 121 cm³/mol. The highest BCUT2D eigenvalue weighted by Gasteiger charge is 2.30. The van der Waals surface area contributed by atoms with Gasteiger partial charge in [0.15, 0.2) is 5.69 Å². The van der Waals surface area contributed by atoms with Crippen LogP contribution in [0, 0.1) is 0 Å². The summed E-state index contributed by atoms with van der Waals surface area (Å²) in [6.07, 6.45) is 1.76. The zero-order valence-electron chi connectivity index (χ0n) is 17.6. The Bertz CT molecular complexity index is 1200.